The number of morpholine rings is 1. The summed E-state index contributed by atoms with van der Waals surface area (Å²) in [5, 5.41) is 0. The van der Waals surface area contributed by atoms with Gasteiger partial charge in [0.2, 0.25) is 5.78 Å². The Labute approximate surface area is 169 Å². The van der Waals surface area contributed by atoms with Crippen molar-refractivity contribution in [2.45, 2.75) is 6.54 Å². The highest BCUT2D eigenvalue weighted by atomic mass is 16.5. The summed E-state index contributed by atoms with van der Waals surface area (Å²) in [4.78, 5) is 21.6. The average Bonchev–Trinajstić information content (AvgIpc) is 3.09. The third kappa shape index (κ3) is 3.76. The number of nitrogens with zero attached hydrogens (tertiary/aromatic N) is 3. The number of hydrogen-bond acceptors (Lipinski definition) is 7. The first-order valence-corrected chi connectivity index (χ1v) is 9.93. The number of Topliss-reactive ketones (excluding diaryl/α,β-unsaturated/α-hetero) is 1. The lowest BCUT2D eigenvalue weighted by molar-refractivity contribution is 0.0239. The molecule has 7 nitrogen and oxygen atoms in total. The van der Waals surface area contributed by atoms with E-state index >= 15 is 0 Å². The van der Waals surface area contributed by atoms with Crippen molar-refractivity contribution in [1.29, 1.82) is 0 Å². The SMILES string of the molecule is O=C1/C(=C/c2cccnc2)Oc2c1ccc1c2CN(CCN2CCOCC2)CO1. The highest BCUT2D eigenvalue weighted by Crippen LogP contribution is 2.41. The van der Waals surface area contributed by atoms with Crippen LogP contribution in [0.5, 0.6) is 11.5 Å². The van der Waals surface area contributed by atoms with Gasteiger partial charge >= 0.3 is 0 Å². The van der Waals surface area contributed by atoms with Crippen molar-refractivity contribution < 1.29 is 19.0 Å². The van der Waals surface area contributed by atoms with E-state index in [9.17, 15) is 4.79 Å². The second kappa shape index (κ2) is 7.94. The molecule has 1 saturated heterocycles. The molecule has 29 heavy (non-hydrogen) atoms. The highest BCUT2D eigenvalue weighted by molar-refractivity contribution is 6.15. The van der Waals surface area contributed by atoms with Crippen LogP contribution in [0.15, 0.2) is 42.4 Å². The summed E-state index contributed by atoms with van der Waals surface area (Å²) in [7, 11) is 0. The summed E-state index contributed by atoms with van der Waals surface area (Å²) in [6, 6.07) is 7.40. The minimum Gasteiger partial charge on any atom is -0.478 e. The summed E-state index contributed by atoms with van der Waals surface area (Å²) in [5.74, 6) is 1.64. The molecule has 1 aromatic carbocycles. The van der Waals surface area contributed by atoms with Crippen LogP contribution in [0.1, 0.15) is 21.5 Å². The van der Waals surface area contributed by atoms with E-state index in [-0.39, 0.29) is 5.78 Å². The van der Waals surface area contributed by atoms with Crippen molar-refractivity contribution in [3.05, 3.63) is 59.1 Å². The monoisotopic (exact) mass is 393 g/mol. The number of ether oxygens (including phenoxy) is 3. The maximum absolute atomic E-state index is 12.8. The van der Waals surface area contributed by atoms with Crippen LogP contribution in [-0.4, -0.2) is 66.7 Å². The molecule has 1 aromatic heterocycles. The van der Waals surface area contributed by atoms with Gasteiger partial charge < -0.3 is 14.2 Å². The highest BCUT2D eigenvalue weighted by Gasteiger charge is 2.33. The van der Waals surface area contributed by atoms with Gasteiger partial charge in [0, 0.05) is 45.1 Å². The molecule has 7 heteroatoms. The third-order valence-electron chi connectivity index (χ3n) is 5.50. The van der Waals surface area contributed by atoms with Gasteiger partial charge in [-0.05, 0) is 29.8 Å². The van der Waals surface area contributed by atoms with Crippen LogP contribution in [0.4, 0.5) is 0 Å². The van der Waals surface area contributed by atoms with E-state index in [0.717, 1.165) is 56.3 Å². The first-order valence-electron chi connectivity index (χ1n) is 9.93. The molecule has 0 aliphatic carbocycles. The summed E-state index contributed by atoms with van der Waals surface area (Å²) < 4.78 is 17.4. The molecule has 0 unspecified atom stereocenters. The third-order valence-corrected chi connectivity index (χ3v) is 5.50. The normalized spacial score (nSPS) is 20.8. The minimum atomic E-state index is -0.0999. The van der Waals surface area contributed by atoms with Gasteiger partial charge in [0.05, 0.1) is 24.3 Å². The maximum Gasteiger partial charge on any atom is 0.231 e. The number of aromatic nitrogens is 1. The van der Waals surface area contributed by atoms with Crippen LogP contribution in [0.2, 0.25) is 0 Å². The fraction of sp³-hybridized carbons (Fsp3) is 0.364. The number of allylic oxidation sites excluding steroid dienone is 1. The van der Waals surface area contributed by atoms with Gasteiger partial charge in [0.1, 0.15) is 18.2 Å². The average molecular weight is 393 g/mol. The molecule has 0 amide bonds. The Hall–Kier alpha value is -2.74. The number of rotatable bonds is 4. The summed E-state index contributed by atoms with van der Waals surface area (Å²) >= 11 is 0. The van der Waals surface area contributed by atoms with Gasteiger partial charge in [-0.15, -0.1) is 0 Å². The Morgan fingerprint density at radius 1 is 1.10 bits per heavy atom. The largest absolute Gasteiger partial charge is 0.478 e. The molecule has 5 rings (SSSR count). The molecule has 3 aliphatic rings. The number of pyridine rings is 1. The Bertz CT molecular complexity index is 939. The molecule has 2 aromatic rings. The summed E-state index contributed by atoms with van der Waals surface area (Å²) in [6.45, 7) is 6.67. The van der Waals surface area contributed by atoms with Gasteiger partial charge in [-0.2, -0.15) is 0 Å². The van der Waals surface area contributed by atoms with Crippen LogP contribution >= 0.6 is 0 Å². The van der Waals surface area contributed by atoms with E-state index in [0.29, 0.717) is 30.3 Å². The lowest BCUT2D eigenvalue weighted by Gasteiger charge is -2.33. The number of carbonyl (C=O) groups excluding carboxylic acids is 1. The number of ketones is 1. The molecule has 4 heterocycles. The van der Waals surface area contributed by atoms with Crippen LogP contribution in [0, 0.1) is 0 Å². The maximum atomic E-state index is 12.8. The molecule has 0 atom stereocenters. The Morgan fingerprint density at radius 3 is 2.79 bits per heavy atom. The Balaban J connectivity index is 1.33. The van der Waals surface area contributed by atoms with Crippen molar-refractivity contribution in [3.63, 3.8) is 0 Å². The van der Waals surface area contributed by atoms with Crippen molar-refractivity contribution in [2.24, 2.45) is 0 Å². The van der Waals surface area contributed by atoms with E-state index in [4.69, 9.17) is 14.2 Å². The fourth-order valence-corrected chi connectivity index (χ4v) is 3.87. The molecular weight excluding hydrogens is 370 g/mol. The summed E-state index contributed by atoms with van der Waals surface area (Å²) in [5.41, 5.74) is 2.37. The zero-order valence-corrected chi connectivity index (χ0v) is 16.2. The topological polar surface area (TPSA) is 64.1 Å². The van der Waals surface area contributed by atoms with Crippen molar-refractivity contribution >= 4 is 11.9 Å². The number of hydrogen-bond donors (Lipinski definition) is 0. The molecule has 0 N–H and O–H groups in total. The van der Waals surface area contributed by atoms with Gasteiger partial charge in [-0.25, -0.2) is 0 Å². The predicted octanol–water partition coefficient (Wildman–Crippen LogP) is 2.18. The summed E-state index contributed by atoms with van der Waals surface area (Å²) in [6.07, 6.45) is 5.15. The Morgan fingerprint density at radius 2 is 1.97 bits per heavy atom. The van der Waals surface area contributed by atoms with Gasteiger partial charge in [0.15, 0.2) is 5.76 Å². The van der Waals surface area contributed by atoms with Crippen molar-refractivity contribution in [3.8, 4) is 11.5 Å². The number of fused-ring (bicyclic) bond motifs is 3. The molecule has 0 saturated carbocycles. The molecule has 1 fully saturated rings. The van der Waals surface area contributed by atoms with E-state index in [2.05, 4.69) is 14.8 Å². The number of carbonyl (C=O) groups is 1. The van der Waals surface area contributed by atoms with Gasteiger partial charge in [-0.3, -0.25) is 19.6 Å². The van der Waals surface area contributed by atoms with Crippen LogP contribution in [0.3, 0.4) is 0 Å². The predicted molar refractivity (Wildman–Crippen MR) is 107 cm³/mol. The molecular formula is C22H23N3O4. The zero-order valence-electron chi connectivity index (χ0n) is 16.2. The van der Waals surface area contributed by atoms with E-state index in [1.807, 2.05) is 18.2 Å². The quantitative estimate of drug-likeness (QED) is 0.738. The molecule has 0 bridgehead atoms. The molecule has 0 radical (unpaired) electrons. The molecule has 0 spiro atoms. The molecule has 3 aliphatic heterocycles. The lowest BCUT2D eigenvalue weighted by atomic mass is 10.0. The standard InChI is InChI=1S/C22H23N3O4/c26-21-17-3-4-19-18(22(17)29-20(21)12-16-2-1-5-23-13-16)14-25(15-28-19)7-6-24-8-10-27-11-9-24/h1-5,12-13H,6-11,14-15H2/b20-12-. The van der Waals surface area contributed by atoms with Crippen molar-refractivity contribution in [2.75, 3.05) is 46.1 Å². The second-order valence-corrected chi connectivity index (χ2v) is 7.43. The number of benzene rings is 1. The van der Waals surface area contributed by atoms with E-state index < -0.39 is 0 Å². The first kappa shape index (κ1) is 18.3. The van der Waals surface area contributed by atoms with Crippen molar-refractivity contribution in [1.82, 2.24) is 14.8 Å². The molecule has 150 valence electrons. The fourth-order valence-electron chi connectivity index (χ4n) is 3.87. The second-order valence-electron chi connectivity index (χ2n) is 7.43. The van der Waals surface area contributed by atoms with E-state index in [1.54, 1.807) is 24.5 Å². The van der Waals surface area contributed by atoms with Crippen LogP contribution in [-0.2, 0) is 11.3 Å². The van der Waals surface area contributed by atoms with Crippen LogP contribution < -0.4 is 9.47 Å². The van der Waals surface area contributed by atoms with Gasteiger partial charge in [-0.1, -0.05) is 6.07 Å². The lowest BCUT2D eigenvalue weighted by Crippen LogP contribution is -2.43. The minimum absolute atomic E-state index is 0.0999. The first-order chi connectivity index (χ1) is 14.3. The van der Waals surface area contributed by atoms with Crippen LogP contribution in [0.25, 0.3) is 6.08 Å². The van der Waals surface area contributed by atoms with E-state index in [1.165, 1.54) is 0 Å². The Kier molecular flexibility index (Phi) is 5.01. The van der Waals surface area contributed by atoms with Gasteiger partial charge in [0.25, 0.3) is 0 Å². The zero-order chi connectivity index (χ0) is 19.6. The smallest absolute Gasteiger partial charge is 0.231 e.